The molecule has 2 aromatic rings. The predicted molar refractivity (Wildman–Crippen MR) is 109 cm³/mol. The van der Waals surface area contributed by atoms with Gasteiger partial charge in [0.15, 0.2) is 0 Å². The van der Waals surface area contributed by atoms with Crippen LogP contribution in [0.2, 0.25) is 0 Å². The van der Waals surface area contributed by atoms with Crippen LogP contribution in [0.3, 0.4) is 0 Å². The van der Waals surface area contributed by atoms with Crippen molar-refractivity contribution in [2.45, 2.75) is 51.6 Å². The van der Waals surface area contributed by atoms with E-state index in [0.29, 0.717) is 12.1 Å². The van der Waals surface area contributed by atoms with Gasteiger partial charge in [-0.15, -0.1) is 5.10 Å². The molecule has 2 amide bonds. The number of aliphatic hydroxyl groups excluding tert-OH is 1. The third kappa shape index (κ3) is 5.00. The van der Waals surface area contributed by atoms with Crippen molar-refractivity contribution in [1.29, 1.82) is 0 Å². The van der Waals surface area contributed by atoms with Crippen LogP contribution < -0.4 is 5.32 Å². The Morgan fingerprint density at radius 2 is 1.91 bits per heavy atom. The number of halogens is 4. The summed E-state index contributed by atoms with van der Waals surface area (Å²) in [5.41, 5.74) is -2.16. The molecule has 2 N–H and O–H groups in total. The summed E-state index contributed by atoms with van der Waals surface area (Å²) in [6.45, 7) is 5.24. The Labute approximate surface area is 187 Å². The van der Waals surface area contributed by atoms with Gasteiger partial charge < -0.3 is 15.3 Å². The maximum atomic E-state index is 13.6. The first-order valence-electron chi connectivity index (χ1n) is 10.2. The van der Waals surface area contributed by atoms with Crippen molar-refractivity contribution in [2.75, 3.05) is 13.6 Å². The van der Waals surface area contributed by atoms with Crippen LogP contribution in [0.5, 0.6) is 0 Å². The van der Waals surface area contributed by atoms with Crippen molar-refractivity contribution in [3.63, 3.8) is 0 Å². The topological polar surface area (TPSA) is 100 Å². The van der Waals surface area contributed by atoms with Gasteiger partial charge in [0.2, 0.25) is 11.8 Å². The van der Waals surface area contributed by atoms with Gasteiger partial charge in [-0.2, -0.15) is 13.2 Å². The number of rotatable bonds is 4. The lowest BCUT2D eigenvalue weighted by atomic mass is 9.85. The Balaban J connectivity index is 1.98. The highest BCUT2D eigenvalue weighted by Crippen LogP contribution is 2.36. The first-order valence-corrected chi connectivity index (χ1v) is 10.2. The number of aromatic nitrogens is 3. The maximum absolute atomic E-state index is 13.6. The largest absolute Gasteiger partial charge is 0.419 e. The molecule has 1 aromatic carbocycles. The Hall–Kier alpha value is -3.02. The van der Waals surface area contributed by atoms with Crippen LogP contribution in [0, 0.1) is 11.2 Å². The van der Waals surface area contributed by atoms with Gasteiger partial charge in [-0.3, -0.25) is 9.59 Å². The van der Waals surface area contributed by atoms with Crippen molar-refractivity contribution in [3.8, 4) is 11.3 Å². The first kappa shape index (κ1) is 24.6. The van der Waals surface area contributed by atoms with Crippen LogP contribution in [0.1, 0.15) is 38.8 Å². The molecule has 1 aliphatic heterocycles. The minimum Gasteiger partial charge on any atom is -0.391 e. The standard InChI is InChI=1S/C21H25F4N5O3/c1-20(2,3)17(19(33)29-9-12(31)8-16(29)18(32)26-4)30-10-15(27-28-30)11-5-6-14(22)13(7-11)21(23,24)25/h5-7,10,12,16-17,31H,8-9H2,1-4H3,(H,26,32)/t12?,16?,17-/m1/s1. The van der Waals surface area contributed by atoms with Crippen LogP contribution in [0.15, 0.2) is 24.4 Å². The van der Waals surface area contributed by atoms with Crippen molar-refractivity contribution in [2.24, 2.45) is 5.41 Å². The van der Waals surface area contributed by atoms with Crippen LogP contribution in [0.4, 0.5) is 17.6 Å². The highest BCUT2D eigenvalue weighted by Gasteiger charge is 2.45. The second kappa shape index (κ2) is 8.73. The van der Waals surface area contributed by atoms with Crippen molar-refractivity contribution in [1.82, 2.24) is 25.2 Å². The van der Waals surface area contributed by atoms with Gasteiger partial charge in [-0.25, -0.2) is 9.07 Å². The fourth-order valence-electron chi connectivity index (χ4n) is 3.95. The van der Waals surface area contributed by atoms with E-state index >= 15 is 0 Å². The number of benzene rings is 1. The normalized spacial score (nSPS) is 20.1. The zero-order valence-corrected chi connectivity index (χ0v) is 18.5. The molecule has 0 aliphatic carbocycles. The second-order valence-electron chi connectivity index (χ2n) is 9.05. The third-order valence-electron chi connectivity index (χ3n) is 5.51. The van der Waals surface area contributed by atoms with E-state index < -0.39 is 53.0 Å². The van der Waals surface area contributed by atoms with E-state index in [0.717, 1.165) is 6.07 Å². The summed E-state index contributed by atoms with van der Waals surface area (Å²) in [7, 11) is 1.43. The Bertz CT molecular complexity index is 1050. The van der Waals surface area contributed by atoms with E-state index in [2.05, 4.69) is 15.6 Å². The van der Waals surface area contributed by atoms with Crippen molar-refractivity contribution < 1.29 is 32.3 Å². The van der Waals surface area contributed by atoms with E-state index in [1.807, 2.05) is 0 Å². The molecule has 180 valence electrons. The Morgan fingerprint density at radius 1 is 1.24 bits per heavy atom. The number of likely N-dealkylation sites (tertiary alicyclic amines) is 1. The number of nitrogens with one attached hydrogen (secondary N) is 1. The first-order chi connectivity index (χ1) is 15.2. The van der Waals surface area contributed by atoms with Crippen LogP contribution in [-0.4, -0.2) is 62.6 Å². The number of carbonyl (C=O) groups excluding carboxylic acids is 2. The number of carbonyl (C=O) groups is 2. The van der Waals surface area contributed by atoms with Crippen molar-refractivity contribution >= 4 is 11.8 Å². The number of alkyl halides is 3. The van der Waals surface area contributed by atoms with E-state index in [4.69, 9.17) is 0 Å². The fourth-order valence-corrected chi connectivity index (χ4v) is 3.95. The summed E-state index contributed by atoms with van der Waals surface area (Å²) in [5, 5.41) is 20.4. The zero-order valence-electron chi connectivity index (χ0n) is 18.5. The molecule has 0 radical (unpaired) electrons. The molecule has 3 rings (SSSR count). The molecule has 2 heterocycles. The van der Waals surface area contributed by atoms with Gasteiger partial charge >= 0.3 is 6.18 Å². The smallest absolute Gasteiger partial charge is 0.391 e. The lowest BCUT2D eigenvalue weighted by molar-refractivity contribution is -0.144. The molecule has 0 spiro atoms. The summed E-state index contributed by atoms with van der Waals surface area (Å²) < 4.78 is 54.1. The molecule has 0 bridgehead atoms. The minimum absolute atomic E-state index is 0.0186. The highest BCUT2D eigenvalue weighted by atomic mass is 19.4. The monoisotopic (exact) mass is 471 g/mol. The summed E-state index contributed by atoms with van der Waals surface area (Å²) in [5.74, 6) is -2.31. The van der Waals surface area contributed by atoms with Crippen LogP contribution in [0.25, 0.3) is 11.3 Å². The summed E-state index contributed by atoms with van der Waals surface area (Å²) in [6.07, 6.45) is -4.36. The predicted octanol–water partition coefficient (Wildman–Crippen LogP) is 2.40. The van der Waals surface area contributed by atoms with Gasteiger partial charge in [0, 0.05) is 25.6 Å². The van der Waals surface area contributed by atoms with E-state index in [1.54, 1.807) is 20.8 Å². The molecule has 0 saturated carbocycles. The lowest BCUT2D eigenvalue weighted by Crippen LogP contribution is -2.49. The summed E-state index contributed by atoms with van der Waals surface area (Å²) in [4.78, 5) is 27.0. The minimum atomic E-state index is -4.88. The number of hydrogen-bond acceptors (Lipinski definition) is 5. The van der Waals surface area contributed by atoms with E-state index in [-0.39, 0.29) is 24.2 Å². The molecule has 1 aromatic heterocycles. The molecule has 1 aliphatic rings. The van der Waals surface area contributed by atoms with Gasteiger partial charge in [0.25, 0.3) is 0 Å². The fraction of sp³-hybridized carbons (Fsp3) is 0.524. The number of likely N-dealkylation sites (N-methyl/N-ethyl adjacent to an activating group) is 1. The average molecular weight is 471 g/mol. The van der Waals surface area contributed by atoms with Gasteiger partial charge in [-0.1, -0.05) is 26.0 Å². The molecule has 12 heteroatoms. The van der Waals surface area contributed by atoms with Gasteiger partial charge in [-0.05, 0) is 23.6 Å². The third-order valence-corrected chi connectivity index (χ3v) is 5.51. The van der Waals surface area contributed by atoms with Gasteiger partial charge in [0.1, 0.15) is 23.6 Å². The quantitative estimate of drug-likeness (QED) is 0.667. The molecular weight excluding hydrogens is 446 g/mol. The lowest BCUT2D eigenvalue weighted by Gasteiger charge is -2.34. The Morgan fingerprint density at radius 3 is 2.48 bits per heavy atom. The van der Waals surface area contributed by atoms with Crippen molar-refractivity contribution in [3.05, 3.63) is 35.8 Å². The molecule has 33 heavy (non-hydrogen) atoms. The number of β-amino-alcohol motifs (C(OH)–C–C–N with tert-alkyl or cyclic N) is 1. The molecular formula is C21H25F4N5O3. The number of aliphatic hydroxyl groups is 1. The number of amides is 2. The Kier molecular flexibility index (Phi) is 6.51. The van der Waals surface area contributed by atoms with Crippen LogP contribution >= 0.6 is 0 Å². The number of hydrogen-bond donors (Lipinski definition) is 2. The molecule has 8 nitrogen and oxygen atoms in total. The van der Waals surface area contributed by atoms with E-state index in [9.17, 15) is 32.3 Å². The molecule has 2 unspecified atom stereocenters. The summed E-state index contributed by atoms with van der Waals surface area (Å²) in [6, 6.07) is 0.639. The molecule has 1 saturated heterocycles. The summed E-state index contributed by atoms with van der Waals surface area (Å²) >= 11 is 0. The molecule has 1 fully saturated rings. The highest BCUT2D eigenvalue weighted by molar-refractivity contribution is 5.90. The van der Waals surface area contributed by atoms with Gasteiger partial charge in [0.05, 0.1) is 17.9 Å². The van der Waals surface area contributed by atoms with Crippen LogP contribution in [-0.2, 0) is 15.8 Å². The second-order valence-corrected chi connectivity index (χ2v) is 9.05. The molecule has 3 atom stereocenters. The maximum Gasteiger partial charge on any atom is 0.419 e. The van der Waals surface area contributed by atoms with E-state index in [1.165, 1.54) is 22.8 Å². The average Bonchev–Trinajstić information content (AvgIpc) is 3.33. The SMILES string of the molecule is CNC(=O)C1CC(O)CN1C(=O)[C@@H](n1cc(-c2ccc(F)c(C(F)(F)F)c2)nn1)C(C)(C)C. The zero-order chi connectivity index (χ0) is 24.7. The number of nitrogens with zero attached hydrogens (tertiary/aromatic N) is 4.